The molecule has 0 amide bonds. The van der Waals surface area contributed by atoms with Gasteiger partial charge in [-0.3, -0.25) is 0 Å². The minimum Gasteiger partial charge on any atom is -0.457 e. The van der Waals surface area contributed by atoms with Gasteiger partial charge >= 0.3 is 11.9 Å². The van der Waals surface area contributed by atoms with Gasteiger partial charge in [0.05, 0.1) is 9.16 Å². The summed E-state index contributed by atoms with van der Waals surface area (Å²) in [6, 6.07) is 9.02. The molecule has 0 aromatic heterocycles. The van der Waals surface area contributed by atoms with Crippen LogP contribution in [0.15, 0.2) is 70.2 Å². The van der Waals surface area contributed by atoms with Gasteiger partial charge in [0.25, 0.3) is 0 Å². The number of rotatable bonds is 14. The minimum absolute atomic E-state index is 0.331. The van der Waals surface area contributed by atoms with Crippen LogP contribution in [0.5, 0.6) is 0 Å². The Bertz CT molecular complexity index is 912. The molecule has 3 rings (SSSR count). The summed E-state index contributed by atoms with van der Waals surface area (Å²) in [7, 11) is 0. The highest BCUT2D eigenvalue weighted by molar-refractivity contribution is 8.24. The van der Waals surface area contributed by atoms with Gasteiger partial charge in [0.2, 0.25) is 0 Å². The molecule has 1 aromatic rings. The molecule has 0 N–H and O–H groups in total. The molecule has 0 fully saturated rings. The number of carbonyl (C=O) groups excluding carboxylic acids is 2. The largest absolute Gasteiger partial charge is 0.457 e. The standard InChI is InChI=1S/C26H30O4S6/c1-5-23(27)29-11-21-13-33-25(35-21)15-31-17(3)19-7-9-20(10-8-19)18(4)32-16-26-34-14-22(36-26)12-30-24(28)6-2/h5-10,13-14,17-18,25-26H,1-2,11-12,15-16H2,3-4H3. The molecule has 0 spiro atoms. The van der Waals surface area contributed by atoms with Crippen LogP contribution in [-0.2, 0) is 19.1 Å². The third-order valence-corrected chi connectivity index (χ3v) is 13.9. The van der Waals surface area contributed by atoms with Crippen LogP contribution < -0.4 is 0 Å². The Morgan fingerprint density at radius 2 is 1.22 bits per heavy atom. The van der Waals surface area contributed by atoms with Gasteiger partial charge in [0.1, 0.15) is 13.2 Å². The first-order chi connectivity index (χ1) is 17.4. The topological polar surface area (TPSA) is 52.6 Å². The summed E-state index contributed by atoms with van der Waals surface area (Å²) in [4.78, 5) is 24.7. The maximum atomic E-state index is 11.2. The van der Waals surface area contributed by atoms with Crippen LogP contribution in [0.1, 0.15) is 35.5 Å². The number of thioether (sulfide) groups is 6. The summed E-state index contributed by atoms with van der Waals surface area (Å²) in [5.41, 5.74) is 2.68. The minimum atomic E-state index is -0.379. The molecule has 0 aliphatic carbocycles. The Labute approximate surface area is 239 Å². The lowest BCUT2D eigenvalue weighted by molar-refractivity contribution is -0.137. The molecule has 2 aliphatic heterocycles. The Balaban J connectivity index is 1.35. The predicted molar refractivity (Wildman–Crippen MR) is 165 cm³/mol. The molecule has 0 saturated carbocycles. The van der Waals surface area contributed by atoms with E-state index in [2.05, 4.69) is 62.1 Å². The van der Waals surface area contributed by atoms with Crippen molar-refractivity contribution in [2.24, 2.45) is 0 Å². The fourth-order valence-corrected chi connectivity index (χ4v) is 10.8. The van der Waals surface area contributed by atoms with Crippen molar-refractivity contribution in [3.8, 4) is 0 Å². The lowest BCUT2D eigenvalue weighted by Crippen LogP contribution is -2.04. The van der Waals surface area contributed by atoms with E-state index in [9.17, 15) is 9.59 Å². The van der Waals surface area contributed by atoms with Crippen molar-refractivity contribution in [1.29, 1.82) is 0 Å². The molecule has 36 heavy (non-hydrogen) atoms. The first kappa shape index (κ1) is 29.8. The van der Waals surface area contributed by atoms with Crippen LogP contribution in [-0.4, -0.2) is 45.8 Å². The van der Waals surface area contributed by atoms with Gasteiger partial charge in [0.15, 0.2) is 0 Å². The van der Waals surface area contributed by atoms with E-state index in [1.165, 1.54) is 23.3 Å². The number of carbonyl (C=O) groups is 2. The number of hydrogen-bond acceptors (Lipinski definition) is 10. The van der Waals surface area contributed by atoms with Gasteiger partial charge in [0, 0.05) is 44.0 Å². The summed E-state index contributed by atoms with van der Waals surface area (Å²) < 4.78 is 11.1. The summed E-state index contributed by atoms with van der Waals surface area (Å²) in [5.74, 6) is 1.30. The summed E-state index contributed by atoms with van der Waals surface area (Å²) in [6.45, 7) is 12.0. The van der Waals surface area contributed by atoms with Gasteiger partial charge in [-0.25, -0.2) is 9.59 Å². The highest BCUT2D eigenvalue weighted by Crippen LogP contribution is 2.45. The lowest BCUT2D eigenvalue weighted by Gasteiger charge is -2.17. The van der Waals surface area contributed by atoms with E-state index in [0.717, 1.165) is 21.3 Å². The van der Waals surface area contributed by atoms with Gasteiger partial charge in [-0.1, -0.05) is 37.4 Å². The first-order valence-corrected chi connectivity index (χ1v) is 17.1. The third-order valence-electron chi connectivity index (χ3n) is 5.15. The van der Waals surface area contributed by atoms with Crippen molar-refractivity contribution in [2.45, 2.75) is 33.5 Å². The smallest absolute Gasteiger partial charge is 0.330 e. The van der Waals surface area contributed by atoms with E-state index in [1.54, 1.807) is 47.0 Å². The molecule has 194 valence electrons. The molecule has 4 unspecified atom stereocenters. The Morgan fingerprint density at radius 1 is 0.833 bits per heavy atom. The second-order valence-corrected chi connectivity index (χ2v) is 15.9. The summed E-state index contributed by atoms with van der Waals surface area (Å²) in [6.07, 6.45) is 2.39. The van der Waals surface area contributed by atoms with Crippen LogP contribution >= 0.6 is 70.6 Å². The van der Waals surface area contributed by atoms with E-state index in [0.29, 0.717) is 32.9 Å². The second kappa shape index (κ2) is 15.6. The van der Waals surface area contributed by atoms with Crippen molar-refractivity contribution in [3.63, 3.8) is 0 Å². The quantitative estimate of drug-likeness (QED) is 0.155. The highest BCUT2D eigenvalue weighted by atomic mass is 32.2. The average Bonchev–Trinajstić information content (AvgIpc) is 3.56. The zero-order valence-electron chi connectivity index (χ0n) is 20.3. The van der Waals surface area contributed by atoms with Crippen LogP contribution in [0.4, 0.5) is 0 Å². The normalized spacial score (nSPS) is 20.7. The van der Waals surface area contributed by atoms with E-state index in [1.807, 2.05) is 23.5 Å². The maximum Gasteiger partial charge on any atom is 0.330 e. The van der Waals surface area contributed by atoms with Gasteiger partial charge in [-0.2, -0.15) is 23.5 Å². The molecule has 4 atom stereocenters. The van der Waals surface area contributed by atoms with E-state index in [4.69, 9.17) is 9.47 Å². The summed E-state index contributed by atoms with van der Waals surface area (Å²) >= 11 is 11.1. The molecular weight excluding hydrogens is 569 g/mol. The molecule has 2 heterocycles. The van der Waals surface area contributed by atoms with Crippen LogP contribution in [0.2, 0.25) is 0 Å². The molecule has 4 nitrogen and oxygen atoms in total. The zero-order chi connectivity index (χ0) is 25.9. The molecule has 2 aliphatic rings. The van der Waals surface area contributed by atoms with E-state index >= 15 is 0 Å². The fraction of sp³-hybridized carbons (Fsp3) is 0.385. The molecular formula is C26H30O4S6. The predicted octanol–water partition coefficient (Wildman–Crippen LogP) is 8.03. The van der Waals surface area contributed by atoms with Crippen LogP contribution in [0.3, 0.4) is 0 Å². The van der Waals surface area contributed by atoms with Gasteiger partial charge in [-0.05, 0) is 35.8 Å². The van der Waals surface area contributed by atoms with Crippen molar-refractivity contribution in [3.05, 3.63) is 81.3 Å². The molecule has 0 radical (unpaired) electrons. The maximum absolute atomic E-state index is 11.2. The number of ether oxygens (including phenoxy) is 2. The Hall–Kier alpha value is -0.780. The fourth-order valence-electron chi connectivity index (χ4n) is 3.11. The molecule has 0 saturated heterocycles. The number of hydrogen-bond donors (Lipinski definition) is 0. The lowest BCUT2D eigenvalue weighted by atomic mass is 10.1. The van der Waals surface area contributed by atoms with Crippen LogP contribution in [0, 0.1) is 0 Å². The zero-order valence-corrected chi connectivity index (χ0v) is 25.2. The Kier molecular flexibility index (Phi) is 12.9. The van der Waals surface area contributed by atoms with Crippen molar-refractivity contribution >= 4 is 82.5 Å². The summed E-state index contributed by atoms with van der Waals surface area (Å²) in [5, 5.41) is 5.03. The monoisotopic (exact) mass is 598 g/mol. The van der Waals surface area contributed by atoms with Crippen molar-refractivity contribution in [2.75, 3.05) is 24.7 Å². The second-order valence-electron chi connectivity index (χ2n) is 7.78. The SMILES string of the molecule is C=CC(=O)OCC1=CSC(CSC(C)c2ccc(C(C)SCC3SC=C(COC(=O)C=C)S3)cc2)S1. The Morgan fingerprint density at radius 3 is 1.58 bits per heavy atom. The molecule has 0 bridgehead atoms. The van der Waals surface area contributed by atoms with E-state index in [-0.39, 0.29) is 11.9 Å². The van der Waals surface area contributed by atoms with Gasteiger partial charge < -0.3 is 9.47 Å². The molecule has 1 aromatic carbocycles. The molecule has 10 heteroatoms. The van der Waals surface area contributed by atoms with Crippen LogP contribution in [0.25, 0.3) is 0 Å². The van der Waals surface area contributed by atoms with Crippen molar-refractivity contribution in [1.82, 2.24) is 0 Å². The third kappa shape index (κ3) is 9.83. The van der Waals surface area contributed by atoms with Gasteiger partial charge in [-0.15, -0.1) is 47.0 Å². The van der Waals surface area contributed by atoms with Crippen molar-refractivity contribution < 1.29 is 19.1 Å². The number of esters is 2. The first-order valence-electron chi connectivity index (χ1n) is 11.3. The average molecular weight is 599 g/mol. The number of benzene rings is 1. The van der Waals surface area contributed by atoms with E-state index < -0.39 is 0 Å². The highest BCUT2D eigenvalue weighted by Gasteiger charge is 2.22.